The molecule has 182 valence electrons. The molecular weight excluding hydrogens is 455 g/mol. The van der Waals surface area contributed by atoms with Crippen LogP contribution in [0.25, 0.3) is 0 Å². The molecule has 0 bridgehead atoms. The van der Waals surface area contributed by atoms with E-state index in [1.54, 1.807) is 41.2 Å². The third-order valence-corrected chi connectivity index (χ3v) is 5.73. The summed E-state index contributed by atoms with van der Waals surface area (Å²) < 4.78 is 49.3. The Morgan fingerprint density at radius 1 is 1.15 bits per heavy atom. The summed E-state index contributed by atoms with van der Waals surface area (Å²) in [6.07, 6.45) is -2.98. The summed E-state index contributed by atoms with van der Waals surface area (Å²) in [6, 6.07) is 7.22. The number of urea groups is 1. The highest BCUT2D eigenvalue weighted by Gasteiger charge is 2.35. The lowest BCUT2D eigenvalue weighted by Gasteiger charge is -2.33. The maximum absolute atomic E-state index is 12.9. The number of benzene rings is 1. The van der Waals surface area contributed by atoms with Crippen LogP contribution in [0.15, 0.2) is 36.5 Å². The van der Waals surface area contributed by atoms with Gasteiger partial charge in [-0.2, -0.15) is 18.2 Å². The number of halogens is 3. The van der Waals surface area contributed by atoms with E-state index in [1.807, 2.05) is 0 Å². The van der Waals surface area contributed by atoms with Crippen molar-refractivity contribution < 1.29 is 32.2 Å². The molecule has 2 aliphatic rings. The lowest BCUT2D eigenvalue weighted by Crippen LogP contribution is -2.48. The number of rotatable bonds is 6. The first kappa shape index (κ1) is 23.6. The smallest absolute Gasteiger partial charge is 0.433 e. The van der Waals surface area contributed by atoms with Crippen molar-refractivity contribution in [3.63, 3.8) is 0 Å². The van der Waals surface area contributed by atoms with Gasteiger partial charge in [0.25, 0.3) is 0 Å². The fourth-order valence-corrected chi connectivity index (χ4v) is 3.96. The molecule has 2 fully saturated rings. The van der Waals surface area contributed by atoms with Crippen LogP contribution < -0.4 is 14.4 Å². The molecule has 1 unspecified atom stereocenters. The zero-order valence-electron chi connectivity index (χ0n) is 18.5. The fraction of sp³-hybridized carbons (Fsp3) is 0.455. The van der Waals surface area contributed by atoms with Gasteiger partial charge in [0.05, 0.1) is 13.7 Å². The maximum atomic E-state index is 12.9. The highest BCUT2D eigenvalue weighted by atomic mass is 19.4. The van der Waals surface area contributed by atoms with Crippen molar-refractivity contribution in [2.45, 2.75) is 25.1 Å². The number of carbonyl (C=O) groups excluding carboxylic acids is 2. The number of hydrogen-bond donors (Lipinski definition) is 0. The maximum Gasteiger partial charge on any atom is 0.433 e. The lowest BCUT2D eigenvalue weighted by molar-refractivity contribution is -0.141. The minimum atomic E-state index is -4.60. The number of methoxy groups -OCH3 is 1. The molecule has 9 nitrogen and oxygen atoms in total. The number of amides is 3. The highest BCUT2D eigenvalue weighted by Crippen LogP contribution is 2.28. The van der Waals surface area contributed by atoms with Gasteiger partial charge in [-0.25, -0.2) is 9.78 Å². The van der Waals surface area contributed by atoms with Crippen molar-refractivity contribution in [3.05, 3.63) is 42.2 Å². The SMILES string of the molecule is COc1ccc(N2CCN(CC(=O)N3CCCC(Oc4nccc(C(F)(F)F)n4)C3)C2=O)cc1. The topological polar surface area (TPSA) is 88.1 Å². The van der Waals surface area contributed by atoms with E-state index < -0.39 is 18.0 Å². The zero-order valence-corrected chi connectivity index (χ0v) is 18.5. The number of hydrogen-bond acceptors (Lipinski definition) is 6. The van der Waals surface area contributed by atoms with Crippen molar-refractivity contribution in [2.75, 3.05) is 44.7 Å². The first-order valence-corrected chi connectivity index (χ1v) is 10.8. The Balaban J connectivity index is 1.33. The van der Waals surface area contributed by atoms with Gasteiger partial charge in [-0.15, -0.1) is 0 Å². The van der Waals surface area contributed by atoms with Crippen LogP contribution in [0.2, 0.25) is 0 Å². The number of nitrogens with zero attached hydrogens (tertiary/aromatic N) is 5. The largest absolute Gasteiger partial charge is 0.497 e. The Hall–Kier alpha value is -3.57. The Labute approximate surface area is 194 Å². The van der Waals surface area contributed by atoms with E-state index in [0.717, 1.165) is 12.3 Å². The van der Waals surface area contributed by atoms with Crippen molar-refractivity contribution in [2.24, 2.45) is 0 Å². The lowest BCUT2D eigenvalue weighted by atomic mass is 10.1. The first-order valence-electron chi connectivity index (χ1n) is 10.8. The number of alkyl halides is 3. The van der Waals surface area contributed by atoms with Crippen molar-refractivity contribution in [1.82, 2.24) is 19.8 Å². The minimum Gasteiger partial charge on any atom is -0.497 e. The molecule has 4 rings (SSSR count). The van der Waals surface area contributed by atoms with E-state index in [2.05, 4.69) is 9.97 Å². The summed E-state index contributed by atoms with van der Waals surface area (Å²) >= 11 is 0. The van der Waals surface area contributed by atoms with Crippen LogP contribution in [0.4, 0.5) is 23.7 Å². The van der Waals surface area contributed by atoms with E-state index >= 15 is 0 Å². The van der Waals surface area contributed by atoms with Gasteiger partial charge in [0.1, 0.15) is 18.4 Å². The van der Waals surface area contributed by atoms with Crippen LogP contribution in [0, 0.1) is 0 Å². The van der Waals surface area contributed by atoms with E-state index in [-0.39, 0.29) is 31.0 Å². The monoisotopic (exact) mass is 479 g/mol. The average molecular weight is 479 g/mol. The molecule has 0 spiro atoms. The van der Waals surface area contributed by atoms with Crippen LogP contribution in [0.3, 0.4) is 0 Å². The molecule has 2 saturated heterocycles. The van der Waals surface area contributed by atoms with E-state index in [9.17, 15) is 22.8 Å². The summed E-state index contributed by atoms with van der Waals surface area (Å²) in [6.45, 7) is 1.44. The molecule has 12 heteroatoms. The van der Waals surface area contributed by atoms with Gasteiger partial charge in [-0.05, 0) is 43.2 Å². The van der Waals surface area contributed by atoms with Crippen molar-refractivity contribution >= 4 is 17.6 Å². The fourth-order valence-electron chi connectivity index (χ4n) is 3.96. The molecule has 2 aromatic rings. The number of carbonyl (C=O) groups is 2. The third-order valence-electron chi connectivity index (χ3n) is 5.73. The van der Waals surface area contributed by atoms with Gasteiger partial charge in [0, 0.05) is 31.5 Å². The third kappa shape index (κ3) is 5.32. The van der Waals surface area contributed by atoms with Gasteiger partial charge >= 0.3 is 18.2 Å². The van der Waals surface area contributed by atoms with E-state index in [4.69, 9.17) is 9.47 Å². The van der Waals surface area contributed by atoms with E-state index in [0.29, 0.717) is 43.9 Å². The Morgan fingerprint density at radius 2 is 1.91 bits per heavy atom. The van der Waals surface area contributed by atoms with Crippen LogP contribution in [0.5, 0.6) is 11.8 Å². The van der Waals surface area contributed by atoms with Crippen LogP contribution in [-0.4, -0.2) is 77.6 Å². The van der Waals surface area contributed by atoms with Gasteiger partial charge < -0.3 is 19.3 Å². The van der Waals surface area contributed by atoms with Crippen LogP contribution in [0.1, 0.15) is 18.5 Å². The molecule has 0 N–H and O–H groups in total. The number of likely N-dealkylation sites (tertiary alicyclic amines) is 1. The molecule has 34 heavy (non-hydrogen) atoms. The number of aromatic nitrogens is 2. The number of anilines is 1. The van der Waals surface area contributed by atoms with Crippen molar-refractivity contribution in [1.29, 1.82) is 0 Å². The molecular formula is C22H24F3N5O4. The predicted molar refractivity (Wildman–Crippen MR) is 115 cm³/mol. The molecule has 2 aliphatic heterocycles. The summed E-state index contributed by atoms with van der Waals surface area (Å²) in [4.78, 5) is 37.5. The second kappa shape index (κ2) is 9.74. The molecule has 0 aliphatic carbocycles. The number of piperidine rings is 1. The normalized spacial score (nSPS) is 18.9. The first-order chi connectivity index (χ1) is 16.2. The van der Waals surface area contributed by atoms with Gasteiger partial charge in [0.15, 0.2) is 5.69 Å². The zero-order chi connectivity index (χ0) is 24.3. The van der Waals surface area contributed by atoms with Crippen LogP contribution >= 0.6 is 0 Å². The Morgan fingerprint density at radius 3 is 2.62 bits per heavy atom. The summed E-state index contributed by atoms with van der Waals surface area (Å²) in [5.74, 6) is 0.433. The van der Waals surface area contributed by atoms with Gasteiger partial charge in [-0.1, -0.05) is 0 Å². The molecule has 1 aromatic heterocycles. The van der Waals surface area contributed by atoms with E-state index in [1.165, 1.54) is 4.90 Å². The minimum absolute atomic E-state index is 0.0851. The highest BCUT2D eigenvalue weighted by molar-refractivity contribution is 5.96. The molecule has 3 amide bonds. The molecule has 3 heterocycles. The standard InChI is InChI=1S/C22H24F3N5O4/c1-33-16-6-4-15(5-7-16)30-12-11-29(21(30)32)14-19(31)28-10-2-3-17(13-28)34-20-26-9-8-18(27-20)22(23,24)25/h4-9,17H,2-3,10-14H2,1H3. The molecule has 0 saturated carbocycles. The second-order valence-electron chi connectivity index (χ2n) is 8.00. The second-order valence-corrected chi connectivity index (χ2v) is 8.00. The van der Waals surface area contributed by atoms with Gasteiger partial charge in [0.2, 0.25) is 5.91 Å². The summed E-state index contributed by atoms with van der Waals surface area (Å²) in [5, 5.41) is 0. The Bertz CT molecular complexity index is 1030. The molecule has 1 aromatic carbocycles. The average Bonchev–Trinajstić information content (AvgIpc) is 3.19. The number of ether oxygens (including phenoxy) is 2. The quantitative estimate of drug-likeness (QED) is 0.633. The van der Waals surface area contributed by atoms with Crippen LogP contribution in [-0.2, 0) is 11.0 Å². The van der Waals surface area contributed by atoms with Crippen molar-refractivity contribution in [3.8, 4) is 11.8 Å². The molecule has 0 radical (unpaired) electrons. The molecule has 1 atom stereocenters. The van der Waals surface area contributed by atoms with Gasteiger partial charge in [-0.3, -0.25) is 9.69 Å². The predicted octanol–water partition coefficient (Wildman–Crippen LogP) is 2.82. The summed E-state index contributed by atoms with van der Waals surface area (Å²) in [7, 11) is 1.56. The summed E-state index contributed by atoms with van der Waals surface area (Å²) in [5.41, 5.74) is -0.372. The Kier molecular flexibility index (Phi) is 6.75.